The molecular formula is C9H13NO. The van der Waals surface area contributed by atoms with Crippen LogP contribution in [-0.2, 0) is 4.79 Å². The summed E-state index contributed by atoms with van der Waals surface area (Å²) in [4.78, 5) is 10.9. The fourth-order valence-electron chi connectivity index (χ4n) is 0.540. The third-order valence-corrected chi connectivity index (χ3v) is 1.27. The van der Waals surface area contributed by atoms with Gasteiger partial charge in [-0.3, -0.25) is 4.79 Å². The van der Waals surface area contributed by atoms with Crippen molar-refractivity contribution in [2.24, 2.45) is 5.92 Å². The van der Waals surface area contributed by atoms with Crippen LogP contribution in [0.4, 0.5) is 0 Å². The van der Waals surface area contributed by atoms with Crippen molar-refractivity contribution >= 4 is 5.78 Å². The predicted molar refractivity (Wildman–Crippen MR) is 43.8 cm³/mol. The Morgan fingerprint density at radius 1 is 1.64 bits per heavy atom. The van der Waals surface area contributed by atoms with E-state index in [1.807, 2.05) is 19.9 Å². The van der Waals surface area contributed by atoms with E-state index in [1.165, 1.54) is 0 Å². The van der Waals surface area contributed by atoms with Crippen LogP contribution in [0.1, 0.15) is 26.7 Å². The van der Waals surface area contributed by atoms with Gasteiger partial charge in [0.05, 0.1) is 6.07 Å². The summed E-state index contributed by atoms with van der Waals surface area (Å²) in [5.74, 6) is 0.191. The Morgan fingerprint density at radius 2 is 2.27 bits per heavy atom. The fraction of sp³-hybridized carbons (Fsp3) is 0.556. The van der Waals surface area contributed by atoms with Crippen molar-refractivity contribution in [3.8, 4) is 6.07 Å². The van der Waals surface area contributed by atoms with Gasteiger partial charge >= 0.3 is 0 Å². The van der Waals surface area contributed by atoms with E-state index in [9.17, 15) is 4.79 Å². The summed E-state index contributed by atoms with van der Waals surface area (Å²) in [7, 11) is 0. The van der Waals surface area contributed by atoms with Gasteiger partial charge in [0.1, 0.15) is 0 Å². The number of allylic oxidation sites excluding steroid dienone is 2. The van der Waals surface area contributed by atoms with E-state index in [-0.39, 0.29) is 11.7 Å². The lowest BCUT2D eigenvalue weighted by Gasteiger charge is -1.94. The minimum atomic E-state index is 0.0633. The van der Waals surface area contributed by atoms with Crippen LogP contribution < -0.4 is 0 Å². The molecule has 0 N–H and O–H groups in total. The minimum Gasteiger partial charge on any atom is -0.295 e. The predicted octanol–water partition coefficient (Wildman–Crippen LogP) is 2.07. The van der Waals surface area contributed by atoms with Crippen LogP contribution >= 0.6 is 0 Å². The first-order valence-corrected chi connectivity index (χ1v) is 3.75. The molecule has 2 heteroatoms. The van der Waals surface area contributed by atoms with Crippen molar-refractivity contribution in [3.63, 3.8) is 0 Å². The van der Waals surface area contributed by atoms with Gasteiger partial charge < -0.3 is 0 Å². The topological polar surface area (TPSA) is 40.9 Å². The maximum absolute atomic E-state index is 10.9. The first-order chi connectivity index (χ1) is 5.18. The molecule has 0 saturated heterocycles. The SMILES string of the molecule is CC(C)C(=O)/C=C/CCC#N. The van der Waals surface area contributed by atoms with Gasteiger partial charge in [0.15, 0.2) is 5.78 Å². The van der Waals surface area contributed by atoms with Crippen LogP contribution in [0.15, 0.2) is 12.2 Å². The van der Waals surface area contributed by atoms with E-state index < -0.39 is 0 Å². The monoisotopic (exact) mass is 151 g/mol. The number of carbonyl (C=O) groups excluding carboxylic acids is 1. The van der Waals surface area contributed by atoms with E-state index >= 15 is 0 Å². The molecule has 0 bridgehead atoms. The molecule has 0 aliphatic carbocycles. The van der Waals surface area contributed by atoms with Gasteiger partial charge in [0, 0.05) is 12.3 Å². The Morgan fingerprint density at radius 3 is 2.73 bits per heavy atom. The van der Waals surface area contributed by atoms with Gasteiger partial charge in [-0.2, -0.15) is 5.26 Å². The summed E-state index contributed by atoms with van der Waals surface area (Å²) in [5, 5.41) is 8.17. The molecule has 0 amide bonds. The molecule has 0 heterocycles. The number of ketones is 1. The van der Waals surface area contributed by atoms with E-state index in [0.29, 0.717) is 12.8 Å². The molecule has 0 aromatic carbocycles. The molecule has 0 aromatic heterocycles. The molecule has 0 spiro atoms. The lowest BCUT2D eigenvalue weighted by molar-refractivity contribution is -0.117. The summed E-state index contributed by atoms with van der Waals surface area (Å²) < 4.78 is 0. The second-order valence-corrected chi connectivity index (χ2v) is 2.66. The molecule has 11 heavy (non-hydrogen) atoms. The molecule has 0 saturated carbocycles. The lowest BCUT2D eigenvalue weighted by atomic mass is 10.1. The molecule has 0 fully saturated rings. The second-order valence-electron chi connectivity index (χ2n) is 2.66. The van der Waals surface area contributed by atoms with E-state index in [0.717, 1.165) is 0 Å². The Balaban J connectivity index is 3.59. The van der Waals surface area contributed by atoms with Crippen LogP contribution in [0.3, 0.4) is 0 Å². The highest BCUT2D eigenvalue weighted by Gasteiger charge is 2.00. The van der Waals surface area contributed by atoms with Gasteiger partial charge in [-0.15, -0.1) is 0 Å². The number of hydrogen-bond acceptors (Lipinski definition) is 2. The number of hydrogen-bond donors (Lipinski definition) is 0. The second kappa shape index (κ2) is 5.67. The molecule has 0 unspecified atom stereocenters. The van der Waals surface area contributed by atoms with Gasteiger partial charge in [-0.25, -0.2) is 0 Å². The van der Waals surface area contributed by atoms with Crippen molar-refractivity contribution in [2.45, 2.75) is 26.7 Å². The van der Waals surface area contributed by atoms with Gasteiger partial charge in [-0.1, -0.05) is 19.9 Å². The van der Waals surface area contributed by atoms with Crippen LogP contribution in [-0.4, -0.2) is 5.78 Å². The highest BCUT2D eigenvalue weighted by molar-refractivity contribution is 5.91. The third kappa shape index (κ3) is 5.35. The maximum Gasteiger partial charge on any atom is 0.157 e. The Labute approximate surface area is 67.5 Å². The first-order valence-electron chi connectivity index (χ1n) is 3.75. The van der Waals surface area contributed by atoms with Crippen LogP contribution in [0.25, 0.3) is 0 Å². The van der Waals surface area contributed by atoms with Crippen molar-refractivity contribution in [2.75, 3.05) is 0 Å². The van der Waals surface area contributed by atoms with Crippen LogP contribution in [0.5, 0.6) is 0 Å². The summed E-state index contributed by atoms with van der Waals surface area (Å²) in [6, 6.07) is 2.01. The number of unbranched alkanes of at least 4 members (excludes halogenated alkanes) is 1. The molecule has 0 aliphatic heterocycles. The van der Waals surface area contributed by atoms with Crippen molar-refractivity contribution < 1.29 is 4.79 Å². The molecular weight excluding hydrogens is 138 g/mol. The molecule has 0 aliphatic rings. The summed E-state index contributed by atoms with van der Waals surface area (Å²) in [6.07, 6.45) is 4.48. The largest absolute Gasteiger partial charge is 0.295 e. The Hall–Kier alpha value is -1.10. The van der Waals surface area contributed by atoms with E-state index in [2.05, 4.69) is 0 Å². The van der Waals surface area contributed by atoms with Gasteiger partial charge in [0.2, 0.25) is 0 Å². The first kappa shape index (κ1) is 9.90. The molecule has 60 valence electrons. The molecule has 0 aromatic rings. The van der Waals surface area contributed by atoms with E-state index in [1.54, 1.807) is 12.2 Å². The summed E-state index contributed by atoms with van der Waals surface area (Å²) >= 11 is 0. The highest BCUT2D eigenvalue weighted by atomic mass is 16.1. The van der Waals surface area contributed by atoms with Crippen molar-refractivity contribution in [1.82, 2.24) is 0 Å². The number of rotatable bonds is 4. The molecule has 0 rings (SSSR count). The summed E-state index contributed by atoms with van der Waals surface area (Å²) in [5.41, 5.74) is 0. The number of nitriles is 1. The number of nitrogens with zero attached hydrogens (tertiary/aromatic N) is 1. The zero-order valence-corrected chi connectivity index (χ0v) is 7.00. The number of carbonyl (C=O) groups is 1. The van der Waals surface area contributed by atoms with Crippen LogP contribution in [0, 0.1) is 17.2 Å². The molecule has 2 nitrogen and oxygen atoms in total. The zero-order chi connectivity index (χ0) is 8.69. The average Bonchev–Trinajstić information content (AvgIpc) is 1.97. The standard InChI is InChI=1S/C9H13NO/c1-8(2)9(11)6-4-3-5-7-10/h4,6,8H,3,5H2,1-2H3/b6-4+. The quantitative estimate of drug-likeness (QED) is 0.456. The average molecular weight is 151 g/mol. The summed E-state index contributed by atoms with van der Waals surface area (Å²) in [6.45, 7) is 3.72. The highest BCUT2D eigenvalue weighted by Crippen LogP contribution is 1.97. The maximum atomic E-state index is 10.9. The Kier molecular flexibility index (Phi) is 5.10. The smallest absolute Gasteiger partial charge is 0.157 e. The zero-order valence-electron chi connectivity index (χ0n) is 7.00. The van der Waals surface area contributed by atoms with Gasteiger partial charge in [-0.05, 0) is 12.5 Å². The normalized spacial score (nSPS) is 10.4. The van der Waals surface area contributed by atoms with Crippen molar-refractivity contribution in [3.05, 3.63) is 12.2 Å². The fourth-order valence-corrected chi connectivity index (χ4v) is 0.540. The molecule has 0 radical (unpaired) electrons. The molecule has 0 atom stereocenters. The third-order valence-electron chi connectivity index (χ3n) is 1.27. The van der Waals surface area contributed by atoms with Gasteiger partial charge in [0.25, 0.3) is 0 Å². The van der Waals surface area contributed by atoms with Crippen molar-refractivity contribution in [1.29, 1.82) is 5.26 Å². The van der Waals surface area contributed by atoms with Crippen LogP contribution in [0.2, 0.25) is 0 Å². The van der Waals surface area contributed by atoms with E-state index in [4.69, 9.17) is 5.26 Å². The Bertz CT molecular complexity index is 186. The minimum absolute atomic E-state index is 0.0633. The lowest BCUT2D eigenvalue weighted by Crippen LogP contribution is -2.01.